The average Bonchev–Trinajstić information content (AvgIpc) is 3.36. The fraction of sp³-hybridized carbons (Fsp3) is 0.344. The van der Waals surface area contributed by atoms with Gasteiger partial charge in [0.25, 0.3) is 0 Å². The van der Waals surface area contributed by atoms with Gasteiger partial charge in [0, 0.05) is 65.2 Å². The van der Waals surface area contributed by atoms with Crippen LogP contribution in [0.1, 0.15) is 59.1 Å². The first kappa shape index (κ1) is 25.1. The van der Waals surface area contributed by atoms with Gasteiger partial charge in [-0.25, -0.2) is 4.79 Å². The molecule has 0 spiro atoms. The summed E-state index contributed by atoms with van der Waals surface area (Å²) in [5.41, 5.74) is 6.97. The van der Waals surface area contributed by atoms with E-state index < -0.39 is 5.60 Å². The van der Waals surface area contributed by atoms with E-state index in [2.05, 4.69) is 79.6 Å². The number of cyclic esters (lactones) is 1. The Bertz CT molecular complexity index is 1450. The van der Waals surface area contributed by atoms with Crippen LogP contribution in [0.4, 0.5) is 5.69 Å². The molecule has 1 atom stereocenters. The van der Waals surface area contributed by atoms with Gasteiger partial charge in [0.05, 0.1) is 12.2 Å². The second kappa shape index (κ2) is 10.1. The zero-order chi connectivity index (χ0) is 26.2. The molecule has 4 aromatic rings. The van der Waals surface area contributed by atoms with Crippen molar-refractivity contribution in [3.05, 3.63) is 100 Å². The molecule has 0 radical (unpaired) electrons. The molecule has 3 aromatic carbocycles. The van der Waals surface area contributed by atoms with Gasteiger partial charge in [-0.05, 0) is 64.4 Å². The Labute approximate surface area is 219 Å². The molecule has 5 nitrogen and oxygen atoms in total. The highest BCUT2D eigenvalue weighted by Gasteiger charge is 2.51. The molecule has 0 saturated carbocycles. The van der Waals surface area contributed by atoms with Crippen molar-refractivity contribution in [2.24, 2.45) is 0 Å². The van der Waals surface area contributed by atoms with Crippen LogP contribution in [-0.2, 0) is 21.6 Å². The maximum absolute atomic E-state index is 13.4. The lowest BCUT2D eigenvalue weighted by molar-refractivity contribution is 0.0251. The molecular weight excluding hydrogens is 460 g/mol. The fourth-order valence-electron chi connectivity index (χ4n) is 6.03. The van der Waals surface area contributed by atoms with Gasteiger partial charge in [0.15, 0.2) is 5.60 Å². The van der Waals surface area contributed by atoms with Gasteiger partial charge in [-0.1, -0.05) is 42.5 Å². The number of esters is 1. The number of para-hydroxylation sites is 1. The summed E-state index contributed by atoms with van der Waals surface area (Å²) in [5, 5.41) is 1.09. The number of benzene rings is 3. The Balaban J connectivity index is 1.82. The first-order valence-corrected chi connectivity index (χ1v) is 13.3. The van der Waals surface area contributed by atoms with E-state index in [0.29, 0.717) is 18.8 Å². The molecule has 0 saturated heterocycles. The van der Waals surface area contributed by atoms with Gasteiger partial charge in [-0.3, -0.25) is 0 Å². The lowest BCUT2D eigenvalue weighted by Gasteiger charge is -2.33. The summed E-state index contributed by atoms with van der Waals surface area (Å²) in [7, 11) is 0. The van der Waals surface area contributed by atoms with Crippen LogP contribution in [0.5, 0.6) is 0 Å². The maximum Gasteiger partial charge on any atom is 0.340 e. The minimum absolute atomic E-state index is 0.284. The van der Waals surface area contributed by atoms with Gasteiger partial charge in [-0.15, -0.1) is 0 Å². The van der Waals surface area contributed by atoms with Gasteiger partial charge >= 0.3 is 5.97 Å². The van der Waals surface area contributed by atoms with Crippen molar-refractivity contribution in [3.8, 4) is 0 Å². The maximum atomic E-state index is 13.4. The van der Waals surface area contributed by atoms with Crippen molar-refractivity contribution in [2.75, 3.05) is 31.2 Å². The zero-order valence-corrected chi connectivity index (χ0v) is 22.5. The number of aryl methyl sites for hydroxylation is 1. The quantitative estimate of drug-likeness (QED) is 0.193. The topological polar surface area (TPSA) is 43.7 Å². The van der Waals surface area contributed by atoms with E-state index in [1.54, 1.807) is 0 Å². The minimum Gasteiger partial charge on any atom is -0.440 e. The van der Waals surface area contributed by atoms with Crippen molar-refractivity contribution in [1.82, 2.24) is 4.57 Å². The Hall–Kier alpha value is -3.57. The molecule has 0 amide bonds. The van der Waals surface area contributed by atoms with Crippen molar-refractivity contribution >= 4 is 22.6 Å². The van der Waals surface area contributed by atoms with E-state index in [4.69, 9.17) is 9.47 Å². The molecular formula is C32H36N2O3. The highest BCUT2D eigenvalue weighted by Crippen LogP contribution is 2.51. The van der Waals surface area contributed by atoms with Crippen molar-refractivity contribution < 1.29 is 14.3 Å². The number of nitrogens with zero attached hydrogens (tertiary/aromatic N) is 2. The second-order valence-corrected chi connectivity index (χ2v) is 9.61. The van der Waals surface area contributed by atoms with Crippen LogP contribution in [0.3, 0.4) is 0 Å². The fourth-order valence-corrected chi connectivity index (χ4v) is 6.03. The predicted molar refractivity (Wildman–Crippen MR) is 150 cm³/mol. The Morgan fingerprint density at radius 3 is 2.38 bits per heavy atom. The number of hydrogen-bond donors (Lipinski definition) is 0. The molecule has 0 bridgehead atoms. The number of rotatable bonds is 9. The van der Waals surface area contributed by atoms with Crippen LogP contribution < -0.4 is 4.90 Å². The number of anilines is 1. The molecule has 1 aliphatic rings. The van der Waals surface area contributed by atoms with Gasteiger partial charge < -0.3 is 18.9 Å². The van der Waals surface area contributed by atoms with Crippen LogP contribution in [-0.4, -0.2) is 36.8 Å². The van der Waals surface area contributed by atoms with E-state index >= 15 is 0 Å². The summed E-state index contributed by atoms with van der Waals surface area (Å²) in [6.45, 7) is 14.5. The molecule has 192 valence electrons. The van der Waals surface area contributed by atoms with Gasteiger partial charge in [0.2, 0.25) is 0 Å². The first-order valence-electron chi connectivity index (χ1n) is 13.3. The Morgan fingerprint density at radius 2 is 1.65 bits per heavy atom. The average molecular weight is 497 g/mol. The second-order valence-electron chi connectivity index (χ2n) is 9.61. The van der Waals surface area contributed by atoms with Crippen LogP contribution in [0.2, 0.25) is 0 Å². The number of ether oxygens (including phenoxy) is 2. The van der Waals surface area contributed by atoms with Crippen LogP contribution >= 0.6 is 0 Å². The van der Waals surface area contributed by atoms with Crippen molar-refractivity contribution in [2.45, 2.75) is 46.8 Å². The largest absolute Gasteiger partial charge is 0.440 e. The molecule has 5 heteroatoms. The summed E-state index contributed by atoms with van der Waals surface area (Å²) in [6, 6.07) is 22.8. The number of carbonyl (C=O) groups is 1. The lowest BCUT2D eigenvalue weighted by atomic mass is 9.77. The molecule has 0 N–H and O–H groups in total. The number of hydrogen-bond acceptors (Lipinski definition) is 4. The van der Waals surface area contributed by atoms with Crippen molar-refractivity contribution in [1.29, 1.82) is 0 Å². The van der Waals surface area contributed by atoms with E-state index in [-0.39, 0.29) is 5.97 Å². The van der Waals surface area contributed by atoms with Crippen LogP contribution in [0, 0.1) is 13.8 Å². The smallest absolute Gasteiger partial charge is 0.340 e. The normalized spacial score (nSPS) is 16.7. The first-order chi connectivity index (χ1) is 18.0. The molecule has 1 aliphatic heterocycles. The number of aromatic nitrogens is 1. The third kappa shape index (κ3) is 3.93. The summed E-state index contributed by atoms with van der Waals surface area (Å²) >= 11 is 0. The summed E-state index contributed by atoms with van der Waals surface area (Å²) in [6.07, 6.45) is 0. The SMILES string of the molecule is CCOCCn1c(C)c(C2(c3ccc(N(CC)CC)cc3C)OC(=O)c3ccccc32)c2ccccc21. The molecule has 0 fully saturated rings. The van der Waals surface area contributed by atoms with Crippen molar-refractivity contribution in [3.63, 3.8) is 0 Å². The molecule has 2 heterocycles. The predicted octanol–water partition coefficient (Wildman–Crippen LogP) is 6.60. The van der Waals surface area contributed by atoms with E-state index in [0.717, 1.165) is 58.5 Å². The van der Waals surface area contributed by atoms with E-state index in [1.165, 1.54) is 5.69 Å². The third-order valence-corrected chi connectivity index (χ3v) is 7.74. The van der Waals surface area contributed by atoms with Crippen LogP contribution in [0.25, 0.3) is 10.9 Å². The number of carbonyl (C=O) groups excluding carboxylic acids is 1. The Kier molecular flexibility index (Phi) is 6.82. The molecule has 0 aliphatic carbocycles. The highest BCUT2D eigenvalue weighted by molar-refractivity contribution is 5.99. The summed E-state index contributed by atoms with van der Waals surface area (Å²) in [5.74, 6) is -0.284. The lowest BCUT2D eigenvalue weighted by Crippen LogP contribution is -2.32. The third-order valence-electron chi connectivity index (χ3n) is 7.74. The van der Waals surface area contributed by atoms with E-state index in [9.17, 15) is 4.79 Å². The highest BCUT2D eigenvalue weighted by atomic mass is 16.6. The Morgan fingerprint density at radius 1 is 0.919 bits per heavy atom. The molecule has 37 heavy (non-hydrogen) atoms. The summed E-state index contributed by atoms with van der Waals surface area (Å²) in [4.78, 5) is 15.8. The molecule has 1 unspecified atom stereocenters. The van der Waals surface area contributed by atoms with Gasteiger partial charge in [-0.2, -0.15) is 0 Å². The standard InChI is InChI=1S/C32H36N2O3/c1-6-33(7-2)24-17-18-27(22(4)21-24)32(28-15-11-9-13-25(28)31(35)37-32)30-23(5)34(19-20-36-8-3)29-16-12-10-14-26(29)30/h9-18,21H,6-8,19-20H2,1-5H3. The monoisotopic (exact) mass is 496 g/mol. The molecule has 5 rings (SSSR count). The van der Waals surface area contributed by atoms with Crippen LogP contribution in [0.15, 0.2) is 66.7 Å². The summed E-state index contributed by atoms with van der Waals surface area (Å²) < 4.78 is 14.6. The van der Waals surface area contributed by atoms with E-state index in [1.807, 2.05) is 31.2 Å². The minimum atomic E-state index is -1.04. The number of fused-ring (bicyclic) bond motifs is 2. The molecule has 1 aromatic heterocycles. The zero-order valence-electron chi connectivity index (χ0n) is 22.5. The van der Waals surface area contributed by atoms with Gasteiger partial charge in [0.1, 0.15) is 0 Å².